The predicted molar refractivity (Wildman–Crippen MR) is 78.4 cm³/mol. The Morgan fingerprint density at radius 2 is 2.35 bits per heavy atom. The molecule has 0 fully saturated rings. The van der Waals surface area contributed by atoms with Crippen molar-refractivity contribution in [3.8, 4) is 0 Å². The van der Waals surface area contributed by atoms with Gasteiger partial charge in [0.15, 0.2) is 0 Å². The lowest BCUT2D eigenvalue weighted by atomic mass is 9.97. The number of hydrogen-bond donors (Lipinski definition) is 1. The van der Waals surface area contributed by atoms with Crippen LogP contribution in [0.1, 0.15) is 50.0 Å². The quantitative estimate of drug-likeness (QED) is 0.860. The van der Waals surface area contributed by atoms with Gasteiger partial charge in [0.05, 0.1) is 5.69 Å². The number of rotatable bonds is 3. The zero-order valence-corrected chi connectivity index (χ0v) is 12.2. The molecule has 1 aliphatic carbocycles. The fraction of sp³-hybridized carbons (Fsp3) is 0.625. The summed E-state index contributed by atoms with van der Waals surface area (Å²) < 4.78 is 2.18. The van der Waals surface area contributed by atoms with Crippen molar-refractivity contribution in [2.45, 2.75) is 64.5 Å². The first kappa shape index (κ1) is 13.4. The molecule has 0 spiro atoms. The van der Waals surface area contributed by atoms with Crippen molar-refractivity contribution in [2.24, 2.45) is 0 Å². The number of nitrogens with one attached hydrogen (secondary N) is 1. The lowest BCUT2D eigenvalue weighted by Crippen LogP contribution is -2.41. The van der Waals surface area contributed by atoms with Crippen LogP contribution in [0.15, 0.2) is 17.8 Å². The highest BCUT2D eigenvalue weighted by Gasteiger charge is 2.21. The molecule has 2 heterocycles. The molecule has 4 nitrogen and oxygen atoms in total. The van der Waals surface area contributed by atoms with Crippen LogP contribution in [-0.2, 0) is 17.8 Å². The highest BCUT2D eigenvalue weighted by atomic mass is 16.1. The van der Waals surface area contributed by atoms with Gasteiger partial charge in [-0.1, -0.05) is 11.6 Å². The summed E-state index contributed by atoms with van der Waals surface area (Å²) in [4.78, 5) is 16.6. The van der Waals surface area contributed by atoms with Gasteiger partial charge in [-0.15, -0.1) is 0 Å². The van der Waals surface area contributed by atoms with Crippen LogP contribution in [0.5, 0.6) is 0 Å². The summed E-state index contributed by atoms with van der Waals surface area (Å²) in [6.45, 7) is 2.88. The van der Waals surface area contributed by atoms with E-state index in [1.807, 2.05) is 6.92 Å². The second-order valence-corrected chi connectivity index (χ2v) is 6.04. The third-order valence-electron chi connectivity index (χ3n) is 4.25. The third kappa shape index (κ3) is 3.11. The van der Waals surface area contributed by atoms with Gasteiger partial charge in [0.25, 0.3) is 0 Å². The molecular weight excluding hydrogens is 250 g/mol. The van der Waals surface area contributed by atoms with Gasteiger partial charge in [0.1, 0.15) is 5.82 Å². The highest BCUT2D eigenvalue weighted by molar-refractivity contribution is 5.78. The van der Waals surface area contributed by atoms with Gasteiger partial charge in [0, 0.05) is 31.6 Å². The van der Waals surface area contributed by atoms with Gasteiger partial charge in [-0.05, 0) is 39.0 Å². The largest absolute Gasteiger partial charge is 0.351 e. The molecule has 4 heteroatoms. The summed E-state index contributed by atoms with van der Waals surface area (Å²) in [5.74, 6) is 1.34. The summed E-state index contributed by atoms with van der Waals surface area (Å²) in [7, 11) is 0. The van der Waals surface area contributed by atoms with E-state index in [1.165, 1.54) is 18.4 Å². The maximum atomic E-state index is 12.1. The topological polar surface area (TPSA) is 46.9 Å². The lowest BCUT2D eigenvalue weighted by Gasteiger charge is -2.25. The average Bonchev–Trinajstić information content (AvgIpc) is 2.79. The number of allylic oxidation sites excluding steroid dienone is 1. The smallest absolute Gasteiger partial charge is 0.224 e. The molecule has 3 rings (SSSR count). The Hall–Kier alpha value is -1.58. The number of fused-ring (bicyclic) bond motifs is 1. The van der Waals surface area contributed by atoms with Crippen molar-refractivity contribution >= 4 is 5.91 Å². The molecule has 1 aliphatic heterocycles. The van der Waals surface area contributed by atoms with Crippen molar-refractivity contribution in [2.75, 3.05) is 0 Å². The van der Waals surface area contributed by atoms with E-state index in [-0.39, 0.29) is 11.9 Å². The molecule has 1 unspecified atom stereocenters. The number of carbonyl (C=O) groups is 1. The van der Waals surface area contributed by atoms with Gasteiger partial charge in [-0.2, -0.15) is 0 Å². The molecule has 1 N–H and O–H groups in total. The maximum absolute atomic E-state index is 12.1. The summed E-state index contributed by atoms with van der Waals surface area (Å²) in [5.41, 5.74) is 2.39. The molecular formula is C16H23N3O. The number of amides is 1. The Morgan fingerprint density at radius 3 is 3.15 bits per heavy atom. The Bertz CT molecular complexity index is 530. The highest BCUT2D eigenvalue weighted by Crippen LogP contribution is 2.20. The van der Waals surface area contributed by atoms with E-state index in [9.17, 15) is 4.79 Å². The van der Waals surface area contributed by atoms with E-state index in [4.69, 9.17) is 0 Å². The van der Waals surface area contributed by atoms with Crippen LogP contribution in [0.3, 0.4) is 0 Å². The summed E-state index contributed by atoms with van der Waals surface area (Å²) >= 11 is 0. The molecule has 1 aromatic rings. The summed E-state index contributed by atoms with van der Waals surface area (Å²) in [6, 6.07) is 0.257. The van der Waals surface area contributed by atoms with Crippen molar-refractivity contribution in [1.29, 1.82) is 0 Å². The van der Waals surface area contributed by atoms with Crippen LogP contribution in [0, 0.1) is 6.92 Å². The molecule has 0 saturated carbocycles. The molecule has 20 heavy (non-hydrogen) atoms. The van der Waals surface area contributed by atoms with Gasteiger partial charge < -0.3 is 9.88 Å². The molecule has 0 radical (unpaired) electrons. The van der Waals surface area contributed by atoms with Crippen LogP contribution in [0.2, 0.25) is 0 Å². The molecule has 108 valence electrons. The number of aromatic nitrogens is 2. The first-order valence-corrected chi connectivity index (χ1v) is 7.70. The first-order valence-electron chi connectivity index (χ1n) is 7.70. The molecule has 2 aliphatic rings. The summed E-state index contributed by atoms with van der Waals surface area (Å²) in [5, 5.41) is 3.19. The molecule has 1 atom stereocenters. The number of carbonyl (C=O) groups excluding carboxylic acids is 1. The number of nitrogens with zero attached hydrogens (tertiary/aromatic N) is 2. The zero-order chi connectivity index (χ0) is 13.9. The second-order valence-electron chi connectivity index (χ2n) is 6.04. The Labute approximate surface area is 120 Å². The Kier molecular flexibility index (Phi) is 3.90. The molecule has 0 bridgehead atoms. The van der Waals surface area contributed by atoms with Crippen LogP contribution in [0.25, 0.3) is 0 Å². The van der Waals surface area contributed by atoms with Gasteiger partial charge >= 0.3 is 0 Å². The van der Waals surface area contributed by atoms with Crippen LogP contribution in [0.4, 0.5) is 0 Å². The standard InChI is InChI=1S/C16H23N3O/c1-12-10-19-11-14(7-8-15(19)17-12)18-16(20)9-13-5-3-2-4-6-13/h5,10,14H,2-4,6-9,11H2,1H3,(H,18,20). The lowest BCUT2D eigenvalue weighted by molar-refractivity contribution is -0.121. The van der Waals surface area contributed by atoms with Crippen molar-refractivity contribution in [1.82, 2.24) is 14.9 Å². The van der Waals surface area contributed by atoms with E-state index >= 15 is 0 Å². The molecule has 1 amide bonds. The van der Waals surface area contributed by atoms with Crippen LogP contribution >= 0.6 is 0 Å². The van der Waals surface area contributed by atoms with E-state index in [2.05, 4.69) is 27.1 Å². The van der Waals surface area contributed by atoms with E-state index in [1.54, 1.807) is 0 Å². The van der Waals surface area contributed by atoms with Crippen molar-refractivity contribution in [3.63, 3.8) is 0 Å². The SMILES string of the molecule is Cc1cn2c(n1)CCC(NC(=O)CC1=CCCCC1)C2. The second kappa shape index (κ2) is 5.81. The number of imidazole rings is 1. The Morgan fingerprint density at radius 1 is 1.45 bits per heavy atom. The van der Waals surface area contributed by atoms with Gasteiger partial charge in [-0.25, -0.2) is 4.98 Å². The summed E-state index contributed by atoms with van der Waals surface area (Å²) in [6.07, 6.45) is 11.6. The maximum Gasteiger partial charge on any atom is 0.224 e. The van der Waals surface area contributed by atoms with E-state index < -0.39 is 0 Å². The minimum absolute atomic E-state index is 0.184. The van der Waals surface area contributed by atoms with Crippen molar-refractivity contribution < 1.29 is 4.79 Å². The zero-order valence-electron chi connectivity index (χ0n) is 12.2. The molecule has 1 aromatic heterocycles. The van der Waals surface area contributed by atoms with Crippen molar-refractivity contribution in [3.05, 3.63) is 29.4 Å². The predicted octanol–water partition coefficient (Wildman–Crippen LogP) is 2.51. The van der Waals surface area contributed by atoms with Gasteiger partial charge in [0.2, 0.25) is 5.91 Å². The average molecular weight is 273 g/mol. The fourth-order valence-corrected chi connectivity index (χ4v) is 3.25. The van der Waals surface area contributed by atoms with E-state index in [0.717, 1.165) is 43.7 Å². The van der Waals surface area contributed by atoms with Gasteiger partial charge in [-0.3, -0.25) is 4.79 Å². The molecule has 0 aromatic carbocycles. The minimum Gasteiger partial charge on any atom is -0.351 e. The minimum atomic E-state index is 0.184. The van der Waals surface area contributed by atoms with Crippen LogP contribution < -0.4 is 5.32 Å². The fourth-order valence-electron chi connectivity index (χ4n) is 3.25. The van der Waals surface area contributed by atoms with E-state index in [0.29, 0.717) is 6.42 Å². The first-order chi connectivity index (χ1) is 9.70. The molecule has 0 saturated heterocycles. The number of hydrogen-bond acceptors (Lipinski definition) is 2. The normalized spacial score (nSPS) is 22.1. The van der Waals surface area contributed by atoms with Crippen LogP contribution in [-0.4, -0.2) is 21.5 Å². The number of aryl methyl sites for hydroxylation is 2. The monoisotopic (exact) mass is 273 g/mol. The third-order valence-corrected chi connectivity index (χ3v) is 4.25. The Balaban J connectivity index is 1.53.